The van der Waals surface area contributed by atoms with Crippen LogP contribution in [-0.2, 0) is 11.4 Å². The van der Waals surface area contributed by atoms with Crippen molar-refractivity contribution < 1.29 is 19.4 Å². The van der Waals surface area contributed by atoms with Gasteiger partial charge in [0.1, 0.15) is 11.5 Å². The second-order valence-corrected chi connectivity index (χ2v) is 3.40. The summed E-state index contributed by atoms with van der Waals surface area (Å²) in [5.41, 5.74) is 0.669. The molecule has 2 N–H and O–H groups in total. The van der Waals surface area contributed by atoms with E-state index in [1.807, 2.05) is 0 Å². The third-order valence-electron chi connectivity index (χ3n) is 2.31. The number of ether oxygens (including phenoxy) is 2. The van der Waals surface area contributed by atoms with E-state index in [2.05, 4.69) is 5.32 Å². The Labute approximate surface area is 100 Å². The highest BCUT2D eigenvalue weighted by molar-refractivity contribution is 5.75. The van der Waals surface area contributed by atoms with Crippen molar-refractivity contribution in [1.82, 2.24) is 5.32 Å². The molecule has 0 heterocycles. The van der Waals surface area contributed by atoms with Gasteiger partial charge in [0, 0.05) is 18.7 Å². The number of hydrogen-bond acceptors (Lipinski definition) is 4. The second kappa shape index (κ2) is 6.75. The monoisotopic (exact) mass is 239 g/mol. The van der Waals surface area contributed by atoms with Gasteiger partial charge in [0.15, 0.2) is 0 Å². The largest absolute Gasteiger partial charge is 0.497 e. The Hall–Kier alpha value is -1.75. The number of nitrogens with one attached hydrogen (secondary N) is 1. The van der Waals surface area contributed by atoms with E-state index >= 15 is 0 Å². The van der Waals surface area contributed by atoms with Gasteiger partial charge < -0.3 is 19.9 Å². The van der Waals surface area contributed by atoms with Crippen LogP contribution in [0.3, 0.4) is 0 Å². The summed E-state index contributed by atoms with van der Waals surface area (Å²) in [6.07, 6.45) is 0.276. The lowest BCUT2D eigenvalue weighted by atomic mass is 10.2. The van der Waals surface area contributed by atoms with Crippen molar-refractivity contribution in [1.29, 1.82) is 0 Å². The molecule has 0 saturated carbocycles. The lowest BCUT2D eigenvalue weighted by molar-refractivity contribution is -0.121. The number of benzene rings is 1. The summed E-state index contributed by atoms with van der Waals surface area (Å²) in [6, 6.07) is 5.17. The Morgan fingerprint density at radius 1 is 1.47 bits per heavy atom. The molecule has 1 aromatic carbocycles. The average Bonchev–Trinajstić information content (AvgIpc) is 2.38. The fourth-order valence-electron chi connectivity index (χ4n) is 1.31. The zero-order valence-electron chi connectivity index (χ0n) is 10.0. The van der Waals surface area contributed by atoms with Crippen LogP contribution in [0.15, 0.2) is 18.2 Å². The fourth-order valence-corrected chi connectivity index (χ4v) is 1.31. The molecule has 0 aromatic heterocycles. The molecular weight excluding hydrogens is 222 g/mol. The molecular formula is C12H17NO4. The lowest BCUT2D eigenvalue weighted by Gasteiger charge is -2.11. The number of carbonyl (C=O) groups is 1. The van der Waals surface area contributed by atoms with Gasteiger partial charge in [-0.25, -0.2) is 0 Å². The minimum Gasteiger partial charge on any atom is -0.497 e. The highest BCUT2D eigenvalue weighted by Gasteiger charge is 2.06. The molecule has 0 saturated heterocycles. The SMILES string of the molecule is CNC(=O)CCOc1cc(OC)ccc1CO. The number of rotatable bonds is 6. The maximum atomic E-state index is 11.0. The Bertz CT molecular complexity index is 379. The molecule has 0 spiro atoms. The summed E-state index contributed by atoms with van der Waals surface area (Å²) in [7, 11) is 3.13. The normalized spacial score (nSPS) is 9.82. The van der Waals surface area contributed by atoms with Gasteiger partial charge in [-0.05, 0) is 12.1 Å². The number of aliphatic hydroxyl groups is 1. The Balaban J connectivity index is 2.64. The van der Waals surface area contributed by atoms with Gasteiger partial charge in [-0.2, -0.15) is 0 Å². The maximum Gasteiger partial charge on any atom is 0.223 e. The first-order valence-corrected chi connectivity index (χ1v) is 5.32. The third-order valence-corrected chi connectivity index (χ3v) is 2.31. The summed E-state index contributed by atoms with van der Waals surface area (Å²) in [4.78, 5) is 11.0. The Morgan fingerprint density at radius 2 is 2.24 bits per heavy atom. The van der Waals surface area contributed by atoms with E-state index in [-0.39, 0.29) is 25.5 Å². The minimum absolute atomic E-state index is 0.0848. The summed E-state index contributed by atoms with van der Waals surface area (Å²) < 4.78 is 10.5. The van der Waals surface area contributed by atoms with Crippen LogP contribution in [-0.4, -0.2) is 31.8 Å². The number of carbonyl (C=O) groups excluding carboxylic acids is 1. The fraction of sp³-hybridized carbons (Fsp3) is 0.417. The average molecular weight is 239 g/mol. The standard InChI is InChI=1S/C12H17NO4/c1-13-12(15)5-6-17-11-7-10(16-2)4-3-9(11)8-14/h3-4,7,14H,5-6,8H2,1-2H3,(H,13,15). The molecule has 0 fully saturated rings. The molecule has 17 heavy (non-hydrogen) atoms. The Morgan fingerprint density at radius 3 is 2.82 bits per heavy atom. The second-order valence-electron chi connectivity index (χ2n) is 3.40. The van der Waals surface area contributed by atoms with E-state index in [1.165, 1.54) is 0 Å². The van der Waals surface area contributed by atoms with Crippen molar-refractivity contribution in [2.75, 3.05) is 20.8 Å². The molecule has 0 unspecified atom stereocenters. The van der Waals surface area contributed by atoms with E-state index in [9.17, 15) is 4.79 Å². The molecule has 1 rings (SSSR count). The van der Waals surface area contributed by atoms with Gasteiger partial charge in [0.05, 0.1) is 26.7 Å². The van der Waals surface area contributed by atoms with E-state index in [0.717, 1.165) is 0 Å². The van der Waals surface area contributed by atoms with Gasteiger partial charge in [-0.15, -0.1) is 0 Å². The maximum absolute atomic E-state index is 11.0. The zero-order valence-corrected chi connectivity index (χ0v) is 10.0. The van der Waals surface area contributed by atoms with Gasteiger partial charge in [-0.1, -0.05) is 0 Å². The van der Waals surface area contributed by atoms with Crippen molar-refractivity contribution >= 4 is 5.91 Å². The van der Waals surface area contributed by atoms with Crippen LogP contribution in [0.5, 0.6) is 11.5 Å². The minimum atomic E-state index is -0.112. The summed E-state index contributed by atoms with van der Waals surface area (Å²) in [5, 5.41) is 11.6. The Kier molecular flexibility index (Phi) is 5.29. The lowest BCUT2D eigenvalue weighted by Crippen LogP contribution is -2.20. The smallest absolute Gasteiger partial charge is 0.223 e. The van der Waals surface area contributed by atoms with Crippen LogP contribution in [0.2, 0.25) is 0 Å². The molecule has 1 aromatic rings. The molecule has 0 bridgehead atoms. The van der Waals surface area contributed by atoms with Gasteiger partial charge in [-0.3, -0.25) is 4.79 Å². The summed E-state index contributed by atoms with van der Waals surface area (Å²) in [6.45, 7) is 0.152. The topological polar surface area (TPSA) is 67.8 Å². The molecule has 0 atom stereocenters. The molecule has 94 valence electrons. The van der Waals surface area contributed by atoms with Crippen LogP contribution >= 0.6 is 0 Å². The molecule has 0 radical (unpaired) electrons. The first kappa shape index (κ1) is 13.3. The number of amides is 1. The van der Waals surface area contributed by atoms with Crippen LogP contribution in [0, 0.1) is 0 Å². The van der Waals surface area contributed by atoms with Gasteiger partial charge >= 0.3 is 0 Å². The van der Waals surface area contributed by atoms with Crippen LogP contribution < -0.4 is 14.8 Å². The van der Waals surface area contributed by atoms with E-state index in [4.69, 9.17) is 14.6 Å². The van der Waals surface area contributed by atoms with Crippen molar-refractivity contribution in [3.63, 3.8) is 0 Å². The van der Waals surface area contributed by atoms with Crippen LogP contribution in [0.4, 0.5) is 0 Å². The highest BCUT2D eigenvalue weighted by atomic mass is 16.5. The van der Waals surface area contributed by atoms with Crippen LogP contribution in [0.1, 0.15) is 12.0 Å². The van der Waals surface area contributed by atoms with Gasteiger partial charge in [0.2, 0.25) is 5.91 Å². The number of hydrogen-bond donors (Lipinski definition) is 2. The predicted molar refractivity (Wildman–Crippen MR) is 63.1 cm³/mol. The molecule has 0 aliphatic heterocycles. The zero-order chi connectivity index (χ0) is 12.7. The quantitative estimate of drug-likeness (QED) is 0.767. The van der Waals surface area contributed by atoms with Gasteiger partial charge in [0.25, 0.3) is 0 Å². The number of aliphatic hydroxyl groups excluding tert-OH is 1. The molecule has 1 amide bonds. The first-order chi connectivity index (χ1) is 8.21. The van der Waals surface area contributed by atoms with E-state index in [0.29, 0.717) is 17.1 Å². The predicted octanol–water partition coefficient (Wildman–Crippen LogP) is 0.702. The van der Waals surface area contributed by atoms with Crippen LogP contribution in [0.25, 0.3) is 0 Å². The number of methoxy groups -OCH3 is 1. The third kappa shape index (κ3) is 3.96. The summed E-state index contributed by atoms with van der Waals surface area (Å²) >= 11 is 0. The van der Waals surface area contributed by atoms with E-state index in [1.54, 1.807) is 32.4 Å². The highest BCUT2D eigenvalue weighted by Crippen LogP contribution is 2.24. The van der Waals surface area contributed by atoms with E-state index < -0.39 is 0 Å². The molecule has 5 heteroatoms. The van der Waals surface area contributed by atoms with Crippen molar-refractivity contribution in [3.05, 3.63) is 23.8 Å². The summed E-state index contributed by atoms with van der Waals surface area (Å²) in [5.74, 6) is 1.10. The molecule has 0 aliphatic rings. The van der Waals surface area contributed by atoms with Crippen molar-refractivity contribution in [2.45, 2.75) is 13.0 Å². The molecule has 0 aliphatic carbocycles. The first-order valence-electron chi connectivity index (χ1n) is 5.32. The molecule has 5 nitrogen and oxygen atoms in total. The van der Waals surface area contributed by atoms with Crippen molar-refractivity contribution in [2.24, 2.45) is 0 Å². The van der Waals surface area contributed by atoms with Crippen molar-refractivity contribution in [3.8, 4) is 11.5 Å².